The van der Waals surface area contributed by atoms with E-state index in [0.29, 0.717) is 19.6 Å². The Bertz CT molecular complexity index is 443. The highest BCUT2D eigenvalue weighted by molar-refractivity contribution is 7.16. The molecule has 0 radical (unpaired) electrons. The summed E-state index contributed by atoms with van der Waals surface area (Å²) in [6.07, 6.45) is 3.61. The van der Waals surface area contributed by atoms with Crippen LogP contribution in [0.2, 0.25) is 4.34 Å². The molecule has 0 aliphatic carbocycles. The number of carbonyl (C=O) groups is 1. The number of amides is 1. The molecular weight excluding hydrogens is 298 g/mol. The Balaban J connectivity index is 1.55. The van der Waals surface area contributed by atoms with E-state index in [-0.39, 0.29) is 18.9 Å². The van der Waals surface area contributed by atoms with Gasteiger partial charge in [0.2, 0.25) is 5.91 Å². The number of unbranched alkanes of at least 4 members (excludes halogenated alkanes) is 1. The van der Waals surface area contributed by atoms with E-state index in [1.54, 1.807) is 11.3 Å². The summed E-state index contributed by atoms with van der Waals surface area (Å²) in [6, 6.07) is 3.95. The molecule has 2 rings (SSSR count). The minimum atomic E-state index is -0.961. The van der Waals surface area contributed by atoms with Crippen molar-refractivity contribution in [1.82, 2.24) is 5.32 Å². The molecule has 1 amide bonds. The van der Waals surface area contributed by atoms with Gasteiger partial charge in [0.25, 0.3) is 0 Å². The van der Waals surface area contributed by atoms with Gasteiger partial charge in [0.05, 0.1) is 23.0 Å². The maximum absolute atomic E-state index is 11.7. The normalized spacial score (nSPS) is 22.1. The van der Waals surface area contributed by atoms with Crippen molar-refractivity contribution in [3.8, 4) is 0 Å². The van der Waals surface area contributed by atoms with Gasteiger partial charge in [0.1, 0.15) is 0 Å². The van der Waals surface area contributed by atoms with E-state index in [1.165, 1.54) is 4.88 Å². The van der Waals surface area contributed by atoms with Crippen LogP contribution in [0.4, 0.5) is 0 Å². The third kappa shape index (κ3) is 5.05. The predicted molar refractivity (Wildman–Crippen MR) is 80.3 cm³/mol. The van der Waals surface area contributed by atoms with Crippen molar-refractivity contribution in [2.75, 3.05) is 19.8 Å². The summed E-state index contributed by atoms with van der Waals surface area (Å²) in [4.78, 5) is 13.0. The van der Waals surface area contributed by atoms with Crippen LogP contribution in [0.15, 0.2) is 12.1 Å². The molecule has 1 unspecified atom stereocenters. The quantitative estimate of drug-likeness (QED) is 0.759. The van der Waals surface area contributed by atoms with Crippen LogP contribution in [-0.4, -0.2) is 36.4 Å². The van der Waals surface area contributed by atoms with Crippen LogP contribution in [-0.2, 0) is 16.0 Å². The fourth-order valence-corrected chi connectivity index (χ4v) is 3.36. The lowest BCUT2D eigenvalue weighted by Gasteiger charge is -2.19. The fraction of sp³-hybridized carbons (Fsp3) is 0.643. The number of rotatable bonds is 7. The molecule has 2 heterocycles. The average molecular weight is 318 g/mol. The largest absolute Gasteiger partial charge is 0.387 e. The van der Waals surface area contributed by atoms with Gasteiger partial charge in [0, 0.05) is 24.4 Å². The molecule has 0 bridgehead atoms. The molecule has 0 spiro atoms. The van der Waals surface area contributed by atoms with Gasteiger partial charge in [0.15, 0.2) is 0 Å². The summed E-state index contributed by atoms with van der Waals surface area (Å²) in [7, 11) is 0. The van der Waals surface area contributed by atoms with Crippen LogP contribution in [0.25, 0.3) is 0 Å². The fourth-order valence-electron chi connectivity index (χ4n) is 2.24. The zero-order chi connectivity index (χ0) is 14.4. The molecule has 1 aliphatic rings. The zero-order valence-corrected chi connectivity index (χ0v) is 12.9. The monoisotopic (exact) mass is 317 g/mol. The number of ether oxygens (including phenoxy) is 1. The lowest BCUT2D eigenvalue weighted by Crippen LogP contribution is -2.37. The van der Waals surface area contributed by atoms with Gasteiger partial charge in [-0.3, -0.25) is 4.79 Å². The van der Waals surface area contributed by atoms with Gasteiger partial charge in [-0.2, -0.15) is 0 Å². The smallest absolute Gasteiger partial charge is 0.222 e. The maximum Gasteiger partial charge on any atom is 0.222 e. The van der Waals surface area contributed by atoms with E-state index in [4.69, 9.17) is 16.3 Å². The summed E-state index contributed by atoms with van der Waals surface area (Å²) in [5.74, 6) is -0.0998. The first-order chi connectivity index (χ1) is 9.57. The van der Waals surface area contributed by atoms with Crippen molar-refractivity contribution in [3.63, 3.8) is 0 Å². The second kappa shape index (κ2) is 7.41. The molecule has 1 fully saturated rings. The predicted octanol–water partition coefficient (Wildman–Crippen LogP) is 2.38. The van der Waals surface area contributed by atoms with Crippen molar-refractivity contribution in [1.29, 1.82) is 0 Å². The van der Waals surface area contributed by atoms with Crippen LogP contribution in [0.1, 0.15) is 30.6 Å². The molecule has 1 aliphatic heterocycles. The van der Waals surface area contributed by atoms with Gasteiger partial charge < -0.3 is 15.2 Å². The summed E-state index contributed by atoms with van der Waals surface area (Å²) < 4.78 is 5.94. The number of aliphatic hydroxyl groups is 1. The van der Waals surface area contributed by atoms with Gasteiger partial charge in [-0.25, -0.2) is 0 Å². The molecule has 0 aromatic carbocycles. The lowest BCUT2D eigenvalue weighted by molar-refractivity contribution is -0.126. The molecule has 2 N–H and O–H groups in total. The van der Waals surface area contributed by atoms with Gasteiger partial charge in [-0.1, -0.05) is 11.6 Å². The number of carbonyl (C=O) groups excluding carboxylic acids is 1. The highest BCUT2D eigenvalue weighted by Crippen LogP contribution is 2.23. The standard InChI is InChI=1S/C14H20ClNO3S/c15-12-5-4-11(20-12)3-1-2-7-16-13(17)9-14(18)6-8-19-10-14/h4-5,18H,1-3,6-10H2,(H,16,17). The lowest BCUT2D eigenvalue weighted by atomic mass is 9.99. The molecule has 1 aromatic rings. The highest BCUT2D eigenvalue weighted by Gasteiger charge is 2.34. The minimum Gasteiger partial charge on any atom is -0.387 e. The third-order valence-corrected chi connectivity index (χ3v) is 4.66. The highest BCUT2D eigenvalue weighted by atomic mass is 35.5. The molecule has 4 nitrogen and oxygen atoms in total. The summed E-state index contributed by atoms with van der Waals surface area (Å²) in [6.45, 7) is 1.45. The number of halogens is 1. The first-order valence-electron chi connectivity index (χ1n) is 6.88. The van der Waals surface area contributed by atoms with Crippen LogP contribution in [0.5, 0.6) is 0 Å². The molecule has 1 atom stereocenters. The van der Waals surface area contributed by atoms with Crippen molar-refractivity contribution in [2.45, 2.75) is 37.7 Å². The van der Waals surface area contributed by atoms with Crippen molar-refractivity contribution < 1.29 is 14.6 Å². The second-order valence-corrected chi connectivity index (χ2v) is 7.02. The Kier molecular flexibility index (Phi) is 5.84. The Morgan fingerprint density at radius 2 is 2.35 bits per heavy atom. The van der Waals surface area contributed by atoms with Crippen LogP contribution in [0.3, 0.4) is 0 Å². The first kappa shape index (κ1) is 15.8. The van der Waals surface area contributed by atoms with Crippen molar-refractivity contribution in [3.05, 3.63) is 21.3 Å². The molecule has 1 aromatic heterocycles. The summed E-state index contributed by atoms with van der Waals surface area (Å²) in [5, 5.41) is 12.9. The number of aryl methyl sites for hydroxylation is 1. The Labute approximate surface area is 128 Å². The first-order valence-corrected chi connectivity index (χ1v) is 8.08. The van der Waals surface area contributed by atoms with E-state index < -0.39 is 5.60 Å². The van der Waals surface area contributed by atoms with Crippen molar-refractivity contribution in [2.24, 2.45) is 0 Å². The number of hydrogen-bond acceptors (Lipinski definition) is 4. The van der Waals surface area contributed by atoms with Crippen molar-refractivity contribution >= 4 is 28.8 Å². The maximum atomic E-state index is 11.7. The SMILES string of the molecule is O=C(CC1(O)CCOC1)NCCCCc1ccc(Cl)s1. The Morgan fingerprint density at radius 3 is 3.00 bits per heavy atom. The van der Waals surface area contributed by atoms with E-state index in [9.17, 15) is 9.90 Å². The second-order valence-electron chi connectivity index (χ2n) is 5.22. The zero-order valence-electron chi connectivity index (χ0n) is 11.4. The van der Waals surface area contributed by atoms with Gasteiger partial charge in [-0.15, -0.1) is 11.3 Å². The Morgan fingerprint density at radius 1 is 1.50 bits per heavy atom. The van der Waals surface area contributed by atoms with Crippen LogP contribution < -0.4 is 5.32 Å². The summed E-state index contributed by atoms with van der Waals surface area (Å²) >= 11 is 7.47. The Hall–Kier alpha value is -0.620. The topological polar surface area (TPSA) is 58.6 Å². The minimum absolute atomic E-state index is 0.0998. The number of hydrogen-bond donors (Lipinski definition) is 2. The number of thiophene rings is 1. The van der Waals surface area contributed by atoms with Gasteiger partial charge >= 0.3 is 0 Å². The van der Waals surface area contributed by atoms with E-state index in [0.717, 1.165) is 23.6 Å². The van der Waals surface area contributed by atoms with E-state index in [1.807, 2.05) is 12.1 Å². The molecular formula is C14H20ClNO3S. The third-order valence-electron chi connectivity index (χ3n) is 3.37. The van der Waals surface area contributed by atoms with Crippen LogP contribution >= 0.6 is 22.9 Å². The average Bonchev–Trinajstić information content (AvgIpc) is 2.98. The molecule has 112 valence electrons. The molecule has 1 saturated heterocycles. The van der Waals surface area contributed by atoms with Crippen LogP contribution in [0, 0.1) is 0 Å². The van der Waals surface area contributed by atoms with E-state index in [2.05, 4.69) is 5.32 Å². The summed E-state index contributed by atoms with van der Waals surface area (Å²) in [5.41, 5.74) is -0.961. The molecule has 6 heteroatoms. The molecule has 20 heavy (non-hydrogen) atoms. The van der Waals surface area contributed by atoms with E-state index >= 15 is 0 Å². The molecule has 0 saturated carbocycles. The van der Waals surface area contributed by atoms with Gasteiger partial charge in [-0.05, 0) is 31.4 Å². The number of nitrogens with one attached hydrogen (secondary N) is 1.